The van der Waals surface area contributed by atoms with Crippen LogP contribution in [0.1, 0.15) is 6.92 Å². The van der Waals surface area contributed by atoms with Gasteiger partial charge in [-0.3, -0.25) is 0 Å². The standard InChI is InChI=1S/C15H19NO3/c1-5-11(3)14(15(17)19-6-2)16-12-7-9-13(18-4)10-8-12/h5,7-10,14,16H,1,3,6H2,2,4H3. The molecule has 4 nitrogen and oxygen atoms in total. The van der Waals surface area contributed by atoms with Crippen LogP contribution in [0.2, 0.25) is 0 Å². The molecule has 0 amide bonds. The topological polar surface area (TPSA) is 47.6 Å². The third-order valence-corrected chi connectivity index (χ3v) is 2.56. The van der Waals surface area contributed by atoms with Crippen molar-refractivity contribution in [1.29, 1.82) is 0 Å². The van der Waals surface area contributed by atoms with Crippen molar-refractivity contribution >= 4 is 11.7 Å². The summed E-state index contributed by atoms with van der Waals surface area (Å²) in [5.41, 5.74) is 1.34. The lowest BCUT2D eigenvalue weighted by molar-refractivity contribution is -0.143. The highest BCUT2D eigenvalue weighted by Gasteiger charge is 2.21. The first kappa shape index (κ1) is 14.8. The fourth-order valence-corrected chi connectivity index (χ4v) is 1.50. The monoisotopic (exact) mass is 261 g/mol. The van der Waals surface area contributed by atoms with Crippen LogP contribution in [-0.2, 0) is 9.53 Å². The highest BCUT2D eigenvalue weighted by atomic mass is 16.5. The molecule has 1 rings (SSSR count). The second-order valence-corrected chi connectivity index (χ2v) is 3.84. The number of benzene rings is 1. The zero-order valence-corrected chi connectivity index (χ0v) is 11.3. The van der Waals surface area contributed by atoms with Gasteiger partial charge in [-0.1, -0.05) is 19.2 Å². The zero-order valence-electron chi connectivity index (χ0n) is 11.3. The van der Waals surface area contributed by atoms with Crippen LogP contribution in [0.25, 0.3) is 0 Å². The molecular weight excluding hydrogens is 242 g/mol. The molecular formula is C15H19NO3. The first-order chi connectivity index (χ1) is 9.12. The summed E-state index contributed by atoms with van der Waals surface area (Å²) in [5, 5.41) is 3.06. The van der Waals surface area contributed by atoms with E-state index in [-0.39, 0.29) is 5.97 Å². The minimum Gasteiger partial charge on any atom is -0.497 e. The smallest absolute Gasteiger partial charge is 0.333 e. The van der Waals surface area contributed by atoms with Crippen molar-refractivity contribution in [2.24, 2.45) is 0 Å². The summed E-state index contributed by atoms with van der Waals surface area (Å²) in [6.45, 7) is 9.51. The third-order valence-electron chi connectivity index (χ3n) is 2.56. The second-order valence-electron chi connectivity index (χ2n) is 3.84. The van der Waals surface area contributed by atoms with Gasteiger partial charge in [0.15, 0.2) is 0 Å². The fraction of sp³-hybridized carbons (Fsp3) is 0.267. The second kappa shape index (κ2) is 7.26. The van der Waals surface area contributed by atoms with Gasteiger partial charge in [-0.15, -0.1) is 0 Å². The van der Waals surface area contributed by atoms with Gasteiger partial charge in [0.1, 0.15) is 11.8 Å². The van der Waals surface area contributed by atoms with Crippen LogP contribution in [0.5, 0.6) is 5.75 Å². The molecule has 1 atom stereocenters. The molecule has 102 valence electrons. The van der Waals surface area contributed by atoms with Crippen molar-refractivity contribution in [2.45, 2.75) is 13.0 Å². The van der Waals surface area contributed by atoms with Crippen molar-refractivity contribution in [1.82, 2.24) is 0 Å². The average Bonchev–Trinajstić information content (AvgIpc) is 2.44. The van der Waals surface area contributed by atoms with E-state index < -0.39 is 6.04 Å². The molecule has 1 aromatic rings. The van der Waals surface area contributed by atoms with Crippen LogP contribution in [-0.4, -0.2) is 25.7 Å². The average molecular weight is 261 g/mol. The predicted octanol–water partition coefficient (Wildman–Crippen LogP) is 2.78. The molecule has 19 heavy (non-hydrogen) atoms. The molecule has 0 aliphatic carbocycles. The van der Waals surface area contributed by atoms with E-state index in [1.807, 2.05) is 12.1 Å². The zero-order chi connectivity index (χ0) is 14.3. The molecule has 0 bridgehead atoms. The number of methoxy groups -OCH3 is 1. The van der Waals surface area contributed by atoms with E-state index in [4.69, 9.17) is 9.47 Å². The Labute approximate surface area is 113 Å². The van der Waals surface area contributed by atoms with Crippen LogP contribution in [0.3, 0.4) is 0 Å². The normalized spacial score (nSPS) is 11.3. The largest absolute Gasteiger partial charge is 0.497 e. The molecule has 0 saturated heterocycles. The molecule has 0 fully saturated rings. The summed E-state index contributed by atoms with van der Waals surface area (Å²) >= 11 is 0. The third kappa shape index (κ3) is 4.17. The Bertz CT molecular complexity index is 451. The Balaban J connectivity index is 2.83. The number of anilines is 1. The number of ether oxygens (including phenoxy) is 2. The molecule has 4 heteroatoms. The van der Waals surface area contributed by atoms with Crippen molar-refractivity contribution < 1.29 is 14.3 Å². The number of hydrogen-bond donors (Lipinski definition) is 1. The van der Waals surface area contributed by atoms with Crippen LogP contribution >= 0.6 is 0 Å². The van der Waals surface area contributed by atoms with Gasteiger partial charge >= 0.3 is 5.97 Å². The summed E-state index contributed by atoms with van der Waals surface area (Å²) in [7, 11) is 1.60. The highest BCUT2D eigenvalue weighted by molar-refractivity contribution is 5.83. The SMILES string of the molecule is C=CC(=C)C(Nc1ccc(OC)cc1)C(=O)OCC. The summed E-state index contributed by atoms with van der Waals surface area (Å²) in [4.78, 5) is 11.9. The quantitative estimate of drug-likeness (QED) is 0.605. The Morgan fingerprint density at radius 2 is 2.05 bits per heavy atom. The summed E-state index contributed by atoms with van der Waals surface area (Å²) in [6.07, 6.45) is 1.54. The van der Waals surface area contributed by atoms with E-state index in [1.165, 1.54) is 6.08 Å². The molecule has 1 unspecified atom stereocenters. The molecule has 0 radical (unpaired) electrons. The van der Waals surface area contributed by atoms with Gasteiger partial charge < -0.3 is 14.8 Å². The molecule has 0 aromatic heterocycles. The first-order valence-electron chi connectivity index (χ1n) is 6.00. The van der Waals surface area contributed by atoms with Gasteiger partial charge in [-0.2, -0.15) is 0 Å². The maximum atomic E-state index is 11.9. The summed E-state index contributed by atoms with van der Waals surface area (Å²) in [6, 6.07) is 6.62. The molecule has 0 spiro atoms. The van der Waals surface area contributed by atoms with E-state index in [2.05, 4.69) is 18.5 Å². The number of hydrogen-bond acceptors (Lipinski definition) is 4. The number of carbonyl (C=O) groups is 1. The van der Waals surface area contributed by atoms with Gasteiger partial charge in [0.2, 0.25) is 0 Å². The van der Waals surface area contributed by atoms with Gasteiger partial charge in [0, 0.05) is 5.69 Å². The minimum absolute atomic E-state index is 0.323. The maximum absolute atomic E-state index is 11.9. The Morgan fingerprint density at radius 3 is 2.53 bits per heavy atom. The molecule has 1 aromatic carbocycles. The molecule has 1 N–H and O–H groups in total. The van der Waals surface area contributed by atoms with Gasteiger partial charge in [-0.25, -0.2) is 4.79 Å². The lowest BCUT2D eigenvalue weighted by Gasteiger charge is -2.18. The summed E-state index contributed by atoms with van der Waals surface area (Å²) in [5.74, 6) is 0.379. The Hall–Kier alpha value is -2.23. The van der Waals surface area contributed by atoms with E-state index in [0.29, 0.717) is 12.2 Å². The van der Waals surface area contributed by atoms with Gasteiger partial charge in [0.05, 0.1) is 13.7 Å². The number of rotatable bonds is 7. The number of nitrogens with one attached hydrogen (secondary N) is 1. The van der Waals surface area contributed by atoms with Crippen molar-refractivity contribution in [3.05, 3.63) is 49.1 Å². The van der Waals surface area contributed by atoms with Crippen molar-refractivity contribution in [3.63, 3.8) is 0 Å². The van der Waals surface area contributed by atoms with Crippen LogP contribution in [0.4, 0.5) is 5.69 Å². The summed E-state index contributed by atoms with van der Waals surface area (Å²) < 4.78 is 10.1. The van der Waals surface area contributed by atoms with Gasteiger partial charge in [0.25, 0.3) is 0 Å². The number of carbonyl (C=O) groups excluding carboxylic acids is 1. The Kier molecular flexibility index (Phi) is 5.67. The fourth-order valence-electron chi connectivity index (χ4n) is 1.50. The van der Waals surface area contributed by atoms with E-state index in [1.54, 1.807) is 26.2 Å². The van der Waals surface area contributed by atoms with E-state index >= 15 is 0 Å². The highest BCUT2D eigenvalue weighted by Crippen LogP contribution is 2.18. The minimum atomic E-state index is -0.633. The molecule has 0 saturated carbocycles. The van der Waals surface area contributed by atoms with Gasteiger partial charge in [-0.05, 0) is 36.8 Å². The molecule has 0 aliphatic heterocycles. The predicted molar refractivity (Wildman–Crippen MR) is 76.4 cm³/mol. The molecule has 0 aliphatic rings. The van der Waals surface area contributed by atoms with Crippen molar-refractivity contribution in [2.75, 3.05) is 19.0 Å². The maximum Gasteiger partial charge on any atom is 0.333 e. The van der Waals surface area contributed by atoms with Crippen LogP contribution < -0.4 is 10.1 Å². The van der Waals surface area contributed by atoms with E-state index in [9.17, 15) is 4.79 Å². The van der Waals surface area contributed by atoms with Crippen LogP contribution in [0, 0.1) is 0 Å². The first-order valence-corrected chi connectivity index (χ1v) is 6.00. The lowest BCUT2D eigenvalue weighted by atomic mass is 10.1. The number of esters is 1. The molecule has 0 heterocycles. The van der Waals surface area contributed by atoms with Crippen LogP contribution in [0.15, 0.2) is 49.1 Å². The lowest BCUT2D eigenvalue weighted by Crippen LogP contribution is -2.32. The Morgan fingerprint density at radius 1 is 1.42 bits per heavy atom. The van der Waals surface area contributed by atoms with Crippen molar-refractivity contribution in [3.8, 4) is 5.75 Å². The van der Waals surface area contributed by atoms with E-state index in [0.717, 1.165) is 11.4 Å².